The second kappa shape index (κ2) is 6.23. The van der Waals surface area contributed by atoms with Crippen LogP contribution < -0.4 is 5.73 Å². The first-order valence-electron chi connectivity index (χ1n) is 6.22. The maximum absolute atomic E-state index is 6.09. The zero-order valence-electron chi connectivity index (χ0n) is 11.3. The highest BCUT2D eigenvalue weighted by atomic mass is 35.5. The number of anilines is 1. The maximum Gasteiger partial charge on any atom is 0.201 e. The summed E-state index contributed by atoms with van der Waals surface area (Å²) >= 11 is 6.09. The van der Waals surface area contributed by atoms with E-state index in [1.807, 2.05) is 36.9 Å². The van der Waals surface area contributed by atoms with Crippen LogP contribution in [-0.2, 0) is 11.3 Å². The molecule has 0 atom stereocenters. The molecule has 104 valence electrons. The van der Waals surface area contributed by atoms with E-state index in [1.54, 1.807) is 0 Å². The molecule has 1 aromatic heterocycles. The van der Waals surface area contributed by atoms with Crippen LogP contribution in [0.3, 0.4) is 0 Å². The molecule has 1 aromatic carbocycles. The van der Waals surface area contributed by atoms with Crippen LogP contribution in [0.4, 0.5) is 5.95 Å². The van der Waals surface area contributed by atoms with E-state index in [2.05, 4.69) is 9.88 Å². The molecule has 0 aliphatic rings. The molecule has 0 aliphatic carbocycles. The smallest absolute Gasteiger partial charge is 0.201 e. The number of imidazole rings is 1. The molecule has 0 unspecified atom stereocenters. The standard InChI is InChI=1S/C13H19ClN4O/c1-17(2)6-8-19-9-7-18-11-5-3-4-10(14)12(11)16-13(18)15/h3-5H,6-9H2,1-2H3,(H2,15,16). The molecule has 5 nitrogen and oxygen atoms in total. The van der Waals surface area contributed by atoms with Gasteiger partial charge in [0.15, 0.2) is 0 Å². The molecule has 0 radical (unpaired) electrons. The van der Waals surface area contributed by atoms with Crippen molar-refractivity contribution in [1.29, 1.82) is 0 Å². The number of hydrogen-bond acceptors (Lipinski definition) is 4. The normalized spacial score (nSPS) is 11.6. The number of nitrogens with zero attached hydrogens (tertiary/aromatic N) is 3. The van der Waals surface area contributed by atoms with Crippen LogP contribution >= 0.6 is 11.6 Å². The third-order valence-corrected chi connectivity index (χ3v) is 3.21. The second-order valence-electron chi connectivity index (χ2n) is 4.64. The quantitative estimate of drug-likeness (QED) is 0.822. The first kappa shape index (κ1) is 14.1. The fourth-order valence-corrected chi connectivity index (χ4v) is 2.08. The molecule has 6 heteroatoms. The Balaban J connectivity index is 2.01. The highest BCUT2D eigenvalue weighted by molar-refractivity contribution is 6.35. The number of ether oxygens (including phenoxy) is 1. The van der Waals surface area contributed by atoms with Gasteiger partial charge in [0, 0.05) is 13.1 Å². The first-order valence-corrected chi connectivity index (χ1v) is 6.60. The van der Waals surface area contributed by atoms with Gasteiger partial charge in [0.05, 0.1) is 23.8 Å². The highest BCUT2D eigenvalue weighted by Crippen LogP contribution is 2.24. The molecule has 0 saturated carbocycles. The fourth-order valence-electron chi connectivity index (χ4n) is 1.87. The van der Waals surface area contributed by atoms with Gasteiger partial charge < -0.3 is 19.9 Å². The van der Waals surface area contributed by atoms with Gasteiger partial charge >= 0.3 is 0 Å². The van der Waals surface area contributed by atoms with E-state index in [-0.39, 0.29) is 0 Å². The van der Waals surface area contributed by atoms with Crippen LogP contribution in [0, 0.1) is 0 Å². The lowest BCUT2D eigenvalue weighted by molar-refractivity contribution is 0.112. The van der Waals surface area contributed by atoms with E-state index in [0.717, 1.165) is 17.6 Å². The molecule has 0 fully saturated rings. The number of fused-ring (bicyclic) bond motifs is 1. The summed E-state index contributed by atoms with van der Waals surface area (Å²) in [6.45, 7) is 2.90. The molecule has 0 amide bonds. The van der Waals surface area contributed by atoms with Crippen molar-refractivity contribution < 1.29 is 4.74 Å². The Labute approximate surface area is 117 Å². The molecular weight excluding hydrogens is 264 g/mol. The Kier molecular flexibility index (Phi) is 4.63. The van der Waals surface area contributed by atoms with Crippen LogP contribution in [0.25, 0.3) is 11.0 Å². The minimum absolute atomic E-state index is 0.472. The topological polar surface area (TPSA) is 56.3 Å². The average molecular weight is 283 g/mol. The van der Waals surface area contributed by atoms with Gasteiger partial charge in [-0.25, -0.2) is 4.98 Å². The summed E-state index contributed by atoms with van der Waals surface area (Å²) in [6.07, 6.45) is 0. The van der Waals surface area contributed by atoms with Gasteiger partial charge in [-0.1, -0.05) is 17.7 Å². The number of hydrogen-bond donors (Lipinski definition) is 1. The zero-order valence-corrected chi connectivity index (χ0v) is 12.0. The SMILES string of the molecule is CN(C)CCOCCn1c(N)nc2c(Cl)cccc21. The van der Waals surface area contributed by atoms with Gasteiger partial charge in [0.25, 0.3) is 0 Å². The van der Waals surface area contributed by atoms with Crippen molar-refractivity contribution in [2.24, 2.45) is 0 Å². The maximum atomic E-state index is 6.09. The lowest BCUT2D eigenvalue weighted by Gasteiger charge is -2.11. The Morgan fingerprint density at radius 2 is 2.16 bits per heavy atom. The van der Waals surface area contributed by atoms with Crippen molar-refractivity contribution in [1.82, 2.24) is 14.5 Å². The first-order chi connectivity index (χ1) is 9.09. The van der Waals surface area contributed by atoms with Gasteiger partial charge in [-0.15, -0.1) is 0 Å². The van der Waals surface area contributed by atoms with E-state index in [4.69, 9.17) is 22.1 Å². The molecule has 2 aromatic rings. The number of rotatable bonds is 6. The number of nitrogens with two attached hydrogens (primary N) is 1. The average Bonchev–Trinajstić information content (AvgIpc) is 2.67. The molecule has 2 N–H and O–H groups in total. The number of halogens is 1. The van der Waals surface area contributed by atoms with Crippen molar-refractivity contribution in [2.45, 2.75) is 6.54 Å². The van der Waals surface area contributed by atoms with Crippen LogP contribution in [-0.4, -0.2) is 48.3 Å². The van der Waals surface area contributed by atoms with Gasteiger partial charge in [-0.2, -0.15) is 0 Å². The monoisotopic (exact) mass is 282 g/mol. The van der Waals surface area contributed by atoms with Crippen molar-refractivity contribution in [3.63, 3.8) is 0 Å². The molecule has 19 heavy (non-hydrogen) atoms. The number of aromatic nitrogens is 2. The largest absolute Gasteiger partial charge is 0.378 e. The minimum atomic E-state index is 0.472. The minimum Gasteiger partial charge on any atom is -0.378 e. The van der Waals surface area contributed by atoms with Crippen LogP contribution in [0.15, 0.2) is 18.2 Å². The highest BCUT2D eigenvalue weighted by Gasteiger charge is 2.10. The van der Waals surface area contributed by atoms with E-state index < -0.39 is 0 Å². The number of para-hydroxylation sites is 1. The Morgan fingerprint density at radius 3 is 2.89 bits per heavy atom. The van der Waals surface area contributed by atoms with Crippen molar-refractivity contribution in [3.05, 3.63) is 23.2 Å². The molecule has 0 spiro atoms. The van der Waals surface area contributed by atoms with Gasteiger partial charge in [0.2, 0.25) is 5.95 Å². The Hall–Kier alpha value is -1.30. The zero-order chi connectivity index (χ0) is 13.8. The summed E-state index contributed by atoms with van der Waals surface area (Å²) in [7, 11) is 4.04. The van der Waals surface area contributed by atoms with Gasteiger partial charge in [-0.3, -0.25) is 0 Å². The summed E-state index contributed by atoms with van der Waals surface area (Å²) in [5.74, 6) is 0.472. The van der Waals surface area contributed by atoms with Crippen molar-refractivity contribution >= 4 is 28.6 Å². The second-order valence-corrected chi connectivity index (χ2v) is 5.05. The molecule has 0 bridgehead atoms. The summed E-state index contributed by atoms with van der Waals surface area (Å²) in [5, 5.41) is 0.622. The lowest BCUT2D eigenvalue weighted by Crippen LogP contribution is -2.19. The molecular formula is C13H19ClN4O. The van der Waals surface area contributed by atoms with Crippen LogP contribution in [0.2, 0.25) is 5.02 Å². The molecule has 1 heterocycles. The number of nitrogen functional groups attached to an aromatic ring is 1. The van der Waals surface area contributed by atoms with Gasteiger partial charge in [-0.05, 0) is 26.2 Å². The summed E-state index contributed by atoms with van der Waals surface area (Å²) < 4.78 is 7.50. The summed E-state index contributed by atoms with van der Waals surface area (Å²) in [5.41, 5.74) is 7.61. The molecule has 0 aliphatic heterocycles. The predicted molar refractivity (Wildman–Crippen MR) is 78.5 cm³/mol. The summed E-state index contributed by atoms with van der Waals surface area (Å²) in [6, 6.07) is 5.67. The third-order valence-electron chi connectivity index (χ3n) is 2.90. The molecule has 2 rings (SSSR count). The number of likely N-dealkylation sites (N-methyl/N-ethyl adjacent to an activating group) is 1. The van der Waals surface area contributed by atoms with E-state index in [9.17, 15) is 0 Å². The van der Waals surface area contributed by atoms with Crippen molar-refractivity contribution in [3.8, 4) is 0 Å². The summed E-state index contributed by atoms with van der Waals surface area (Å²) in [4.78, 5) is 6.37. The van der Waals surface area contributed by atoms with Crippen LogP contribution in [0.1, 0.15) is 0 Å². The van der Waals surface area contributed by atoms with Crippen molar-refractivity contribution in [2.75, 3.05) is 39.6 Å². The Bertz CT molecular complexity index is 553. The fraction of sp³-hybridized carbons (Fsp3) is 0.462. The van der Waals surface area contributed by atoms with E-state index >= 15 is 0 Å². The molecule has 0 saturated heterocycles. The number of benzene rings is 1. The van der Waals surface area contributed by atoms with E-state index in [1.165, 1.54) is 0 Å². The Morgan fingerprint density at radius 1 is 1.37 bits per heavy atom. The predicted octanol–water partition coefficient (Wildman–Crippen LogP) is 1.85. The van der Waals surface area contributed by atoms with Crippen LogP contribution in [0.5, 0.6) is 0 Å². The lowest BCUT2D eigenvalue weighted by atomic mass is 10.3. The van der Waals surface area contributed by atoms with Gasteiger partial charge in [0.1, 0.15) is 5.52 Å². The van der Waals surface area contributed by atoms with E-state index in [0.29, 0.717) is 30.7 Å². The third kappa shape index (κ3) is 3.37.